The molecule has 0 aliphatic carbocycles. The van der Waals surface area contributed by atoms with E-state index in [4.69, 9.17) is 0 Å². The molecule has 1 nitrogen and oxygen atoms in total. The van der Waals surface area contributed by atoms with Crippen LogP contribution in [0.5, 0.6) is 0 Å². The van der Waals surface area contributed by atoms with E-state index in [0.717, 1.165) is 5.70 Å². The molecule has 0 atom stereocenters. The van der Waals surface area contributed by atoms with Gasteiger partial charge in [-0.05, 0) is 13.0 Å². The molecule has 0 amide bonds. The molecule has 0 aromatic rings. The molecule has 0 fully saturated rings. The predicted octanol–water partition coefficient (Wildman–Crippen LogP) is 2.33. The molecule has 0 rings (SSSR count). The van der Waals surface area contributed by atoms with Crippen molar-refractivity contribution in [3.8, 4) is 0 Å². The highest BCUT2D eigenvalue weighted by molar-refractivity contribution is 5.55. The average Bonchev–Trinajstić information content (AvgIpc) is 1.85. The maximum absolute atomic E-state index is 3.91. The minimum atomic E-state index is 0.748. The molecule has 0 spiro atoms. The summed E-state index contributed by atoms with van der Waals surface area (Å²) in [6.45, 7) is 9.02. The van der Waals surface area contributed by atoms with Crippen LogP contribution in [-0.2, 0) is 0 Å². The van der Waals surface area contributed by atoms with E-state index < -0.39 is 0 Å². The Morgan fingerprint density at radius 2 is 2.22 bits per heavy atom. The molecule has 0 saturated heterocycles. The van der Waals surface area contributed by atoms with E-state index in [9.17, 15) is 0 Å². The van der Waals surface area contributed by atoms with Crippen LogP contribution in [0.3, 0.4) is 0 Å². The molecule has 0 N–H and O–H groups in total. The SMILES string of the molecule is C=C/C=C/C(=C)N=CC. The van der Waals surface area contributed by atoms with Crippen molar-refractivity contribution >= 4 is 6.21 Å². The van der Waals surface area contributed by atoms with Gasteiger partial charge in [0.05, 0.1) is 5.70 Å². The van der Waals surface area contributed by atoms with Crippen molar-refractivity contribution in [3.63, 3.8) is 0 Å². The van der Waals surface area contributed by atoms with Crippen LogP contribution in [-0.4, -0.2) is 6.21 Å². The third-order valence-corrected chi connectivity index (χ3v) is 0.720. The van der Waals surface area contributed by atoms with Crippen molar-refractivity contribution in [1.29, 1.82) is 0 Å². The smallest absolute Gasteiger partial charge is 0.0553 e. The number of hydrogen-bond donors (Lipinski definition) is 0. The lowest BCUT2D eigenvalue weighted by Crippen LogP contribution is -1.66. The van der Waals surface area contributed by atoms with Crippen LogP contribution < -0.4 is 0 Å². The Morgan fingerprint density at radius 1 is 1.56 bits per heavy atom. The van der Waals surface area contributed by atoms with Crippen molar-refractivity contribution in [2.24, 2.45) is 4.99 Å². The van der Waals surface area contributed by atoms with Gasteiger partial charge in [0, 0.05) is 6.21 Å². The Hall–Kier alpha value is -1.11. The van der Waals surface area contributed by atoms with Gasteiger partial charge in [0.15, 0.2) is 0 Å². The third kappa shape index (κ3) is 4.75. The molecule has 0 bridgehead atoms. The minimum absolute atomic E-state index is 0.748. The standard InChI is InChI=1S/C8H11N/c1-4-6-7-8(3)9-5-2/h4-7H,1,3H2,2H3/b7-6+,9-5?. The number of allylic oxidation sites excluding steroid dienone is 3. The van der Waals surface area contributed by atoms with E-state index in [1.807, 2.05) is 6.92 Å². The molecule has 1 heteroatoms. The second-order valence-electron chi connectivity index (χ2n) is 1.47. The van der Waals surface area contributed by atoms with Crippen LogP contribution in [0.4, 0.5) is 0 Å². The van der Waals surface area contributed by atoms with Gasteiger partial charge in [-0.1, -0.05) is 25.3 Å². The summed E-state index contributed by atoms with van der Waals surface area (Å²) in [4.78, 5) is 3.91. The van der Waals surface area contributed by atoms with Gasteiger partial charge in [0.25, 0.3) is 0 Å². The second kappa shape index (κ2) is 5.04. The number of hydrogen-bond acceptors (Lipinski definition) is 1. The summed E-state index contributed by atoms with van der Waals surface area (Å²) in [5.74, 6) is 0. The first-order valence-corrected chi connectivity index (χ1v) is 2.78. The average molecular weight is 121 g/mol. The van der Waals surface area contributed by atoms with Gasteiger partial charge in [-0.15, -0.1) is 0 Å². The summed E-state index contributed by atoms with van der Waals surface area (Å²) < 4.78 is 0. The van der Waals surface area contributed by atoms with Crippen molar-refractivity contribution in [1.82, 2.24) is 0 Å². The minimum Gasteiger partial charge on any atom is -0.262 e. The van der Waals surface area contributed by atoms with Crippen LogP contribution in [0, 0.1) is 0 Å². The topological polar surface area (TPSA) is 12.4 Å². The van der Waals surface area contributed by atoms with E-state index in [-0.39, 0.29) is 0 Å². The molecule has 0 aliphatic rings. The Kier molecular flexibility index (Phi) is 4.41. The normalized spacial score (nSPS) is 10.8. The number of nitrogens with zero attached hydrogens (tertiary/aromatic N) is 1. The molecule has 0 aromatic carbocycles. The monoisotopic (exact) mass is 121 g/mol. The summed E-state index contributed by atoms with van der Waals surface area (Å²) >= 11 is 0. The van der Waals surface area contributed by atoms with Crippen LogP contribution in [0.2, 0.25) is 0 Å². The first-order chi connectivity index (χ1) is 4.31. The molecular formula is C8H11N. The molecule has 0 aromatic heterocycles. The maximum atomic E-state index is 3.91. The van der Waals surface area contributed by atoms with Gasteiger partial charge in [-0.25, -0.2) is 0 Å². The zero-order valence-electron chi connectivity index (χ0n) is 5.67. The molecule has 48 valence electrons. The van der Waals surface area contributed by atoms with Gasteiger partial charge in [0.1, 0.15) is 0 Å². The van der Waals surface area contributed by atoms with E-state index >= 15 is 0 Å². The molecule has 9 heavy (non-hydrogen) atoms. The van der Waals surface area contributed by atoms with Crippen LogP contribution >= 0.6 is 0 Å². The lowest BCUT2D eigenvalue weighted by molar-refractivity contribution is 1.44. The van der Waals surface area contributed by atoms with Gasteiger partial charge in [-0.2, -0.15) is 0 Å². The van der Waals surface area contributed by atoms with Gasteiger partial charge < -0.3 is 0 Å². The fourth-order valence-electron chi connectivity index (χ4n) is 0.388. The van der Waals surface area contributed by atoms with Crippen molar-refractivity contribution < 1.29 is 0 Å². The first kappa shape index (κ1) is 7.89. The Labute approximate surface area is 56.1 Å². The summed E-state index contributed by atoms with van der Waals surface area (Å²) in [6.07, 6.45) is 6.99. The molecule has 0 aliphatic heterocycles. The molecule has 0 heterocycles. The Balaban J connectivity index is 3.76. The third-order valence-electron chi connectivity index (χ3n) is 0.720. The molecular weight excluding hydrogens is 110 g/mol. The van der Waals surface area contributed by atoms with E-state index in [1.165, 1.54) is 0 Å². The Bertz CT molecular complexity index is 152. The largest absolute Gasteiger partial charge is 0.262 e. The van der Waals surface area contributed by atoms with E-state index in [0.29, 0.717) is 0 Å². The van der Waals surface area contributed by atoms with Crippen molar-refractivity contribution in [2.75, 3.05) is 0 Å². The molecule has 0 unspecified atom stereocenters. The zero-order chi connectivity index (χ0) is 7.11. The quantitative estimate of drug-likeness (QED) is 0.401. The number of aliphatic imine (C=N–C) groups is 1. The summed E-state index contributed by atoms with van der Waals surface area (Å²) in [5, 5.41) is 0. The summed E-state index contributed by atoms with van der Waals surface area (Å²) in [7, 11) is 0. The highest BCUT2D eigenvalue weighted by Gasteiger charge is 1.73. The number of rotatable bonds is 3. The molecule has 0 saturated carbocycles. The first-order valence-electron chi connectivity index (χ1n) is 2.78. The second-order valence-corrected chi connectivity index (χ2v) is 1.47. The lowest BCUT2D eigenvalue weighted by atomic mass is 10.4. The fourth-order valence-corrected chi connectivity index (χ4v) is 0.388. The Morgan fingerprint density at radius 3 is 2.67 bits per heavy atom. The van der Waals surface area contributed by atoms with Crippen molar-refractivity contribution in [2.45, 2.75) is 6.92 Å². The summed E-state index contributed by atoms with van der Waals surface area (Å²) in [5.41, 5.74) is 0.748. The van der Waals surface area contributed by atoms with Gasteiger partial charge in [0.2, 0.25) is 0 Å². The van der Waals surface area contributed by atoms with E-state index in [2.05, 4.69) is 18.2 Å². The van der Waals surface area contributed by atoms with Gasteiger partial charge >= 0.3 is 0 Å². The fraction of sp³-hybridized carbons (Fsp3) is 0.125. The maximum Gasteiger partial charge on any atom is 0.0553 e. The van der Waals surface area contributed by atoms with Crippen LogP contribution in [0.1, 0.15) is 6.92 Å². The van der Waals surface area contributed by atoms with Crippen LogP contribution in [0.25, 0.3) is 0 Å². The highest BCUT2D eigenvalue weighted by atomic mass is 14.7. The zero-order valence-corrected chi connectivity index (χ0v) is 5.67. The lowest BCUT2D eigenvalue weighted by Gasteiger charge is -1.83. The summed E-state index contributed by atoms with van der Waals surface area (Å²) in [6, 6.07) is 0. The predicted molar refractivity (Wildman–Crippen MR) is 42.6 cm³/mol. The highest BCUT2D eigenvalue weighted by Crippen LogP contribution is 1.92. The van der Waals surface area contributed by atoms with E-state index in [1.54, 1.807) is 24.4 Å². The van der Waals surface area contributed by atoms with Gasteiger partial charge in [-0.3, -0.25) is 4.99 Å². The van der Waals surface area contributed by atoms with Crippen LogP contribution in [0.15, 0.2) is 42.1 Å². The molecule has 0 radical (unpaired) electrons. The van der Waals surface area contributed by atoms with Crippen molar-refractivity contribution in [3.05, 3.63) is 37.1 Å².